The molecule has 0 saturated carbocycles. The van der Waals surface area contributed by atoms with E-state index in [0.29, 0.717) is 0 Å². The molecular formula is C21H24N2O3. The van der Waals surface area contributed by atoms with Gasteiger partial charge in [-0.25, -0.2) is 4.79 Å². The molecule has 1 N–H and O–H groups in total. The molecule has 0 aliphatic carbocycles. The molecule has 0 spiro atoms. The van der Waals surface area contributed by atoms with Crippen LogP contribution < -0.4 is 0 Å². The quantitative estimate of drug-likeness (QED) is 0.665. The van der Waals surface area contributed by atoms with E-state index in [2.05, 4.69) is 24.0 Å². The number of ether oxygens (including phenoxy) is 1. The van der Waals surface area contributed by atoms with Crippen molar-refractivity contribution in [1.29, 1.82) is 0 Å². The van der Waals surface area contributed by atoms with Gasteiger partial charge in [-0.05, 0) is 24.5 Å². The first-order chi connectivity index (χ1) is 13.7. The standard InChI is InChI=1S/C21H24N2O3/c1-3-20-10-6-11-22-12-9-15-14-7-4-5-8-16(14)23(17(15)18(20)22)21(25,13-20)19(24)26-2/h4-8,10,18,25H,3,9,11-13H2,1-2H3/t18-,20+,21+/m1/s1/i2D3. The predicted molar refractivity (Wildman–Crippen MR) is 98.6 cm³/mol. The summed E-state index contributed by atoms with van der Waals surface area (Å²) in [4.78, 5) is 15.5. The summed E-state index contributed by atoms with van der Waals surface area (Å²) >= 11 is 0. The Balaban J connectivity index is 1.83. The Labute approximate surface area is 157 Å². The third-order valence-corrected chi connectivity index (χ3v) is 6.65. The molecule has 136 valence electrons. The zero-order valence-corrected chi connectivity index (χ0v) is 14.7. The molecule has 4 heterocycles. The monoisotopic (exact) mass is 355 g/mol. The number of carbonyl (C=O) groups excluding carboxylic acids is 1. The molecule has 0 fully saturated rings. The van der Waals surface area contributed by atoms with E-state index in [0.717, 1.165) is 48.1 Å². The van der Waals surface area contributed by atoms with Crippen LogP contribution in [0.1, 0.15) is 41.2 Å². The van der Waals surface area contributed by atoms with Gasteiger partial charge in [0.05, 0.1) is 22.7 Å². The SMILES string of the molecule is [2H]C([2H])([2H])OC(=O)[C@@]1(O)C[C@]2(CC)C=CCN3CCc4c(n1c1ccccc41)[C@@H]32. The Kier molecular flexibility index (Phi) is 2.63. The fraction of sp³-hybridized carbons (Fsp3) is 0.476. The first-order valence-electron chi connectivity index (χ1n) is 10.7. The Morgan fingerprint density at radius 2 is 2.31 bits per heavy atom. The lowest BCUT2D eigenvalue weighted by atomic mass is 9.64. The van der Waals surface area contributed by atoms with Crippen molar-refractivity contribution in [2.24, 2.45) is 5.41 Å². The summed E-state index contributed by atoms with van der Waals surface area (Å²) in [6.07, 6.45) is 5.82. The summed E-state index contributed by atoms with van der Waals surface area (Å²) in [7, 11) is -2.92. The highest BCUT2D eigenvalue weighted by Crippen LogP contribution is 2.58. The molecule has 2 aromatic rings. The van der Waals surface area contributed by atoms with Crippen molar-refractivity contribution in [2.75, 3.05) is 20.1 Å². The molecule has 26 heavy (non-hydrogen) atoms. The largest absolute Gasteiger partial charge is 0.465 e. The molecule has 0 unspecified atom stereocenters. The van der Waals surface area contributed by atoms with Gasteiger partial charge in [-0.1, -0.05) is 37.3 Å². The molecule has 0 saturated heterocycles. The van der Waals surface area contributed by atoms with Gasteiger partial charge < -0.3 is 14.4 Å². The maximum absolute atomic E-state index is 13.1. The predicted octanol–water partition coefficient (Wildman–Crippen LogP) is 2.73. The van der Waals surface area contributed by atoms with Gasteiger partial charge in [0, 0.05) is 36.0 Å². The molecule has 3 aliphatic rings. The molecule has 5 heteroatoms. The molecule has 1 aromatic carbocycles. The fourth-order valence-electron chi connectivity index (χ4n) is 5.55. The van der Waals surface area contributed by atoms with Crippen LogP contribution in [-0.2, 0) is 21.7 Å². The minimum absolute atomic E-state index is 0.0366. The second kappa shape index (κ2) is 5.21. The summed E-state index contributed by atoms with van der Waals surface area (Å²) in [5.74, 6) is -1.12. The second-order valence-electron chi connectivity index (χ2n) is 7.74. The highest BCUT2D eigenvalue weighted by Gasteiger charge is 2.59. The summed E-state index contributed by atoms with van der Waals surface area (Å²) in [6, 6.07) is 7.74. The molecule has 0 radical (unpaired) electrons. The van der Waals surface area contributed by atoms with Crippen LogP contribution in [0.15, 0.2) is 36.4 Å². The van der Waals surface area contributed by atoms with E-state index in [4.69, 9.17) is 8.85 Å². The Morgan fingerprint density at radius 1 is 1.46 bits per heavy atom. The Morgan fingerprint density at radius 3 is 3.12 bits per heavy atom. The van der Waals surface area contributed by atoms with E-state index in [1.807, 2.05) is 24.3 Å². The Hall–Kier alpha value is -2.11. The number of rotatable bonds is 2. The topological polar surface area (TPSA) is 54.7 Å². The van der Waals surface area contributed by atoms with Crippen LogP contribution in [0.3, 0.4) is 0 Å². The van der Waals surface area contributed by atoms with Crippen molar-refractivity contribution in [3.63, 3.8) is 0 Å². The van der Waals surface area contributed by atoms with Crippen molar-refractivity contribution in [1.82, 2.24) is 9.47 Å². The minimum Gasteiger partial charge on any atom is -0.465 e. The van der Waals surface area contributed by atoms with E-state index in [-0.39, 0.29) is 12.5 Å². The molecule has 3 atom stereocenters. The zero-order valence-electron chi connectivity index (χ0n) is 17.7. The first kappa shape index (κ1) is 13.1. The average Bonchev–Trinajstić information content (AvgIpc) is 3.02. The number of carbonyl (C=O) groups is 1. The van der Waals surface area contributed by atoms with Gasteiger partial charge in [-0.3, -0.25) is 4.90 Å². The summed E-state index contributed by atoms with van der Waals surface area (Å²) in [5, 5.41) is 12.8. The smallest absolute Gasteiger partial charge is 0.359 e. The van der Waals surface area contributed by atoms with Gasteiger partial charge in [0.15, 0.2) is 0 Å². The lowest BCUT2D eigenvalue weighted by Gasteiger charge is -2.55. The lowest BCUT2D eigenvalue weighted by Crippen LogP contribution is -2.58. The van der Waals surface area contributed by atoms with Crippen LogP contribution in [0.2, 0.25) is 0 Å². The van der Waals surface area contributed by atoms with Gasteiger partial charge >= 0.3 is 5.97 Å². The number of aliphatic hydroxyl groups is 1. The van der Waals surface area contributed by atoms with Gasteiger partial charge in [-0.15, -0.1) is 0 Å². The summed E-state index contributed by atoms with van der Waals surface area (Å²) in [5.41, 5.74) is 0.234. The van der Waals surface area contributed by atoms with Crippen LogP contribution in [0.5, 0.6) is 0 Å². The summed E-state index contributed by atoms with van der Waals surface area (Å²) in [6.45, 7) is 3.79. The second-order valence-corrected chi connectivity index (χ2v) is 7.74. The van der Waals surface area contributed by atoms with Gasteiger partial charge in [0.2, 0.25) is 5.72 Å². The third-order valence-electron chi connectivity index (χ3n) is 6.65. The van der Waals surface area contributed by atoms with Gasteiger partial charge in [0.25, 0.3) is 0 Å². The van der Waals surface area contributed by atoms with Gasteiger partial charge in [0.1, 0.15) is 0 Å². The molecule has 3 aliphatic heterocycles. The van der Waals surface area contributed by atoms with Crippen LogP contribution in [0, 0.1) is 5.41 Å². The number of para-hydroxylation sites is 1. The highest BCUT2D eigenvalue weighted by molar-refractivity contribution is 5.90. The maximum atomic E-state index is 13.1. The van der Waals surface area contributed by atoms with Crippen molar-refractivity contribution >= 4 is 16.9 Å². The van der Waals surface area contributed by atoms with Gasteiger partial charge in [-0.2, -0.15) is 0 Å². The maximum Gasteiger partial charge on any atom is 0.359 e. The average molecular weight is 355 g/mol. The molecule has 5 rings (SSSR count). The van der Waals surface area contributed by atoms with Crippen LogP contribution in [0.4, 0.5) is 0 Å². The minimum atomic E-state index is -2.92. The van der Waals surface area contributed by atoms with Crippen LogP contribution in [-0.4, -0.2) is 40.7 Å². The van der Waals surface area contributed by atoms with Crippen LogP contribution >= 0.6 is 0 Å². The van der Waals surface area contributed by atoms with Crippen LogP contribution in [0.25, 0.3) is 10.9 Å². The molecule has 0 amide bonds. The first-order valence-corrected chi connectivity index (χ1v) is 9.20. The van der Waals surface area contributed by atoms with Crippen molar-refractivity contribution in [3.05, 3.63) is 47.7 Å². The lowest BCUT2D eigenvalue weighted by molar-refractivity contribution is -0.187. The van der Waals surface area contributed by atoms with Crippen molar-refractivity contribution < 1.29 is 18.8 Å². The number of hydrogen-bond acceptors (Lipinski definition) is 4. The number of fused-ring (bicyclic) bond motifs is 3. The highest BCUT2D eigenvalue weighted by atomic mass is 16.5. The normalized spacial score (nSPS) is 34.7. The number of benzene rings is 1. The number of aromatic nitrogens is 1. The molecule has 0 bridgehead atoms. The molecular weight excluding hydrogens is 328 g/mol. The number of hydrogen-bond donors (Lipinski definition) is 1. The number of nitrogens with zero attached hydrogens (tertiary/aromatic N) is 2. The van der Waals surface area contributed by atoms with Crippen molar-refractivity contribution in [3.8, 4) is 0 Å². The molecule has 1 aromatic heterocycles. The van der Waals surface area contributed by atoms with E-state index < -0.39 is 24.1 Å². The Bertz CT molecular complexity index is 1040. The van der Waals surface area contributed by atoms with E-state index in [1.54, 1.807) is 4.57 Å². The zero-order chi connectivity index (χ0) is 20.6. The molecule has 5 nitrogen and oxygen atoms in total. The summed E-state index contributed by atoms with van der Waals surface area (Å²) < 4.78 is 28.6. The number of esters is 1. The van der Waals surface area contributed by atoms with E-state index >= 15 is 0 Å². The van der Waals surface area contributed by atoms with Crippen molar-refractivity contribution in [2.45, 2.75) is 38.0 Å². The van der Waals surface area contributed by atoms with E-state index in [1.165, 1.54) is 0 Å². The van der Waals surface area contributed by atoms with E-state index in [9.17, 15) is 9.90 Å². The third kappa shape index (κ3) is 1.75. The fourth-order valence-corrected chi connectivity index (χ4v) is 5.55. The number of methoxy groups -OCH3 is 1.